The third kappa shape index (κ3) is 2.66. The Morgan fingerprint density at radius 1 is 1.62 bits per heavy atom. The molecule has 1 fully saturated rings. The fourth-order valence-corrected chi connectivity index (χ4v) is 1.64. The van der Waals surface area contributed by atoms with Gasteiger partial charge >= 0.3 is 0 Å². The first-order valence-electron chi connectivity index (χ1n) is 4.75. The van der Waals surface area contributed by atoms with E-state index < -0.39 is 0 Å². The van der Waals surface area contributed by atoms with Crippen LogP contribution < -0.4 is 0 Å². The zero-order valence-corrected chi connectivity index (χ0v) is 8.88. The van der Waals surface area contributed by atoms with E-state index in [-0.39, 0.29) is 11.6 Å². The second-order valence-electron chi connectivity index (χ2n) is 4.15. The molecule has 1 saturated heterocycles. The van der Waals surface area contributed by atoms with Crippen molar-refractivity contribution < 1.29 is 9.47 Å². The zero-order chi connectivity index (χ0) is 9.90. The van der Waals surface area contributed by atoms with Gasteiger partial charge in [0.25, 0.3) is 0 Å². The Bertz CT molecular complexity index is 159. The van der Waals surface area contributed by atoms with Gasteiger partial charge in [-0.05, 0) is 27.3 Å². The lowest BCUT2D eigenvalue weighted by Crippen LogP contribution is -2.56. The third-order valence-corrected chi connectivity index (χ3v) is 2.57. The van der Waals surface area contributed by atoms with Crippen LogP contribution in [0.25, 0.3) is 0 Å². The van der Waals surface area contributed by atoms with Crippen LogP contribution in [0, 0.1) is 6.92 Å². The highest BCUT2D eigenvalue weighted by molar-refractivity contribution is 4.88. The number of morpholine rings is 1. The van der Waals surface area contributed by atoms with Crippen molar-refractivity contribution in [3.8, 4) is 0 Å². The Morgan fingerprint density at radius 2 is 2.31 bits per heavy atom. The van der Waals surface area contributed by atoms with Crippen molar-refractivity contribution in [3.63, 3.8) is 0 Å². The van der Waals surface area contributed by atoms with Crippen molar-refractivity contribution in [1.82, 2.24) is 4.90 Å². The minimum atomic E-state index is 0.117. The summed E-state index contributed by atoms with van der Waals surface area (Å²) in [6.45, 7) is 11.5. The van der Waals surface area contributed by atoms with E-state index in [1.165, 1.54) is 0 Å². The van der Waals surface area contributed by atoms with E-state index in [0.29, 0.717) is 6.61 Å². The summed E-state index contributed by atoms with van der Waals surface area (Å²) in [5.74, 6) is 0. The fourth-order valence-electron chi connectivity index (χ4n) is 1.64. The van der Waals surface area contributed by atoms with E-state index in [0.717, 1.165) is 19.7 Å². The number of methoxy groups -OCH3 is 1. The first-order valence-corrected chi connectivity index (χ1v) is 4.75. The molecule has 77 valence electrons. The average molecular weight is 186 g/mol. The standard InChI is InChI=1S/C10H20NO2/c1-5-11-6-9(7-12-4)13-8-10(11,2)3/h9H,1,5-8H2,2-4H3. The van der Waals surface area contributed by atoms with Gasteiger partial charge in [-0.2, -0.15) is 0 Å². The maximum atomic E-state index is 5.67. The van der Waals surface area contributed by atoms with Crippen LogP contribution in [-0.2, 0) is 9.47 Å². The second kappa shape index (κ2) is 4.40. The van der Waals surface area contributed by atoms with Crippen LogP contribution in [-0.4, -0.2) is 50.0 Å². The summed E-state index contributed by atoms with van der Waals surface area (Å²) in [6.07, 6.45) is 0.208. The highest BCUT2D eigenvalue weighted by Gasteiger charge is 2.33. The molecule has 0 aromatic rings. The van der Waals surface area contributed by atoms with Crippen molar-refractivity contribution in [2.75, 3.05) is 33.4 Å². The van der Waals surface area contributed by atoms with Crippen molar-refractivity contribution >= 4 is 0 Å². The van der Waals surface area contributed by atoms with E-state index >= 15 is 0 Å². The van der Waals surface area contributed by atoms with E-state index in [9.17, 15) is 0 Å². The van der Waals surface area contributed by atoms with Crippen LogP contribution in [0.15, 0.2) is 0 Å². The molecule has 13 heavy (non-hydrogen) atoms. The first-order chi connectivity index (χ1) is 6.10. The molecule has 0 N–H and O–H groups in total. The number of ether oxygens (including phenoxy) is 2. The van der Waals surface area contributed by atoms with E-state index in [1.54, 1.807) is 7.11 Å². The molecule has 0 bridgehead atoms. The predicted octanol–water partition coefficient (Wildman–Crippen LogP) is 0.946. The van der Waals surface area contributed by atoms with E-state index in [2.05, 4.69) is 25.7 Å². The SMILES string of the molecule is [CH2]CN1CC(COC)OCC1(C)C. The van der Waals surface area contributed by atoms with E-state index in [4.69, 9.17) is 9.47 Å². The lowest BCUT2D eigenvalue weighted by Gasteiger charge is -2.44. The Kier molecular flexibility index (Phi) is 3.71. The highest BCUT2D eigenvalue weighted by atomic mass is 16.5. The quantitative estimate of drug-likeness (QED) is 0.655. The van der Waals surface area contributed by atoms with Gasteiger partial charge in [0.2, 0.25) is 0 Å². The molecule has 0 amide bonds. The van der Waals surface area contributed by atoms with Crippen molar-refractivity contribution in [2.24, 2.45) is 0 Å². The molecule has 1 radical (unpaired) electrons. The van der Waals surface area contributed by atoms with E-state index in [1.807, 2.05) is 0 Å². The molecule has 1 aliphatic heterocycles. The summed E-state index contributed by atoms with van der Waals surface area (Å²) < 4.78 is 10.7. The minimum Gasteiger partial charge on any atom is -0.382 e. The van der Waals surface area contributed by atoms with Crippen molar-refractivity contribution in [3.05, 3.63) is 6.92 Å². The summed E-state index contributed by atoms with van der Waals surface area (Å²) >= 11 is 0. The van der Waals surface area contributed by atoms with Gasteiger partial charge in [-0.3, -0.25) is 4.90 Å². The van der Waals surface area contributed by atoms with Gasteiger partial charge in [-0.15, -0.1) is 0 Å². The molecule has 0 spiro atoms. The largest absolute Gasteiger partial charge is 0.382 e. The summed E-state index contributed by atoms with van der Waals surface area (Å²) in [5, 5.41) is 0. The number of rotatable bonds is 3. The van der Waals surface area contributed by atoms with Crippen LogP contribution in [0.1, 0.15) is 13.8 Å². The summed E-state index contributed by atoms with van der Waals surface area (Å²) in [5.41, 5.74) is 0.117. The predicted molar refractivity (Wildman–Crippen MR) is 52.6 cm³/mol. The Labute approximate surface area is 81.0 Å². The molecule has 1 aliphatic rings. The summed E-state index contributed by atoms with van der Waals surface area (Å²) in [4.78, 5) is 2.33. The fraction of sp³-hybridized carbons (Fsp3) is 0.900. The topological polar surface area (TPSA) is 21.7 Å². The number of hydrogen-bond acceptors (Lipinski definition) is 3. The normalized spacial score (nSPS) is 29.1. The molecule has 3 heteroatoms. The molecule has 0 aromatic heterocycles. The smallest absolute Gasteiger partial charge is 0.0935 e. The van der Waals surface area contributed by atoms with Crippen LogP contribution in [0.3, 0.4) is 0 Å². The maximum Gasteiger partial charge on any atom is 0.0935 e. The van der Waals surface area contributed by atoms with Crippen LogP contribution in [0.4, 0.5) is 0 Å². The van der Waals surface area contributed by atoms with Crippen LogP contribution >= 0.6 is 0 Å². The molecule has 0 saturated carbocycles. The van der Waals surface area contributed by atoms with Crippen LogP contribution in [0.2, 0.25) is 0 Å². The molecular formula is C10H20NO2. The zero-order valence-electron chi connectivity index (χ0n) is 8.88. The first kappa shape index (κ1) is 11.0. The third-order valence-electron chi connectivity index (χ3n) is 2.57. The Morgan fingerprint density at radius 3 is 2.85 bits per heavy atom. The molecule has 0 aliphatic carbocycles. The monoisotopic (exact) mass is 186 g/mol. The van der Waals surface area contributed by atoms with Gasteiger partial charge in [0, 0.05) is 19.2 Å². The lowest BCUT2D eigenvalue weighted by atomic mass is 10.0. The van der Waals surface area contributed by atoms with Gasteiger partial charge in [0.1, 0.15) is 0 Å². The van der Waals surface area contributed by atoms with Crippen molar-refractivity contribution in [2.45, 2.75) is 25.5 Å². The number of hydrogen-bond donors (Lipinski definition) is 0. The molecule has 1 rings (SSSR count). The van der Waals surface area contributed by atoms with Gasteiger partial charge in [-0.25, -0.2) is 0 Å². The molecule has 1 atom stereocenters. The molecular weight excluding hydrogens is 166 g/mol. The highest BCUT2D eigenvalue weighted by Crippen LogP contribution is 2.21. The second-order valence-corrected chi connectivity index (χ2v) is 4.15. The van der Waals surface area contributed by atoms with Gasteiger partial charge in [0.05, 0.1) is 19.3 Å². The van der Waals surface area contributed by atoms with Crippen molar-refractivity contribution in [1.29, 1.82) is 0 Å². The summed E-state index contributed by atoms with van der Waals surface area (Å²) in [6, 6.07) is 0. The maximum absolute atomic E-state index is 5.67. The lowest BCUT2D eigenvalue weighted by molar-refractivity contribution is -0.114. The molecule has 3 nitrogen and oxygen atoms in total. The van der Waals surface area contributed by atoms with Crippen LogP contribution in [0.5, 0.6) is 0 Å². The molecule has 1 heterocycles. The Balaban J connectivity index is 2.48. The molecule has 1 unspecified atom stereocenters. The minimum absolute atomic E-state index is 0.117. The van der Waals surface area contributed by atoms with Gasteiger partial charge in [-0.1, -0.05) is 0 Å². The van der Waals surface area contributed by atoms with Gasteiger partial charge < -0.3 is 9.47 Å². The Hall–Kier alpha value is -0.120. The molecule has 0 aromatic carbocycles. The average Bonchev–Trinajstić information content (AvgIpc) is 2.08. The van der Waals surface area contributed by atoms with Gasteiger partial charge in [0.15, 0.2) is 0 Å². The summed E-state index contributed by atoms with van der Waals surface area (Å²) in [7, 11) is 1.71. The number of nitrogens with zero attached hydrogens (tertiary/aromatic N) is 1.